The number of rotatable bonds is 1. The van der Waals surface area contributed by atoms with Gasteiger partial charge in [0.25, 0.3) is 0 Å². The van der Waals surface area contributed by atoms with E-state index in [1.165, 1.54) is 0 Å². The molecular formula is C10H14O2. The Hall–Kier alpha value is -0.660. The molecule has 2 aliphatic carbocycles. The highest BCUT2D eigenvalue weighted by molar-refractivity contribution is 5.97. The normalized spacial score (nSPS) is 40.6. The average molecular weight is 166 g/mol. The molecule has 0 heterocycles. The Morgan fingerprint density at radius 3 is 2.58 bits per heavy atom. The Bertz CT molecular complexity index is 232. The number of carbonyl (C=O) groups is 2. The maximum absolute atomic E-state index is 11.4. The minimum atomic E-state index is 0.121. The van der Waals surface area contributed by atoms with Crippen molar-refractivity contribution in [3.63, 3.8) is 0 Å². The maximum atomic E-state index is 11.4. The maximum Gasteiger partial charge on any atom is 0.137 e. The standard InChI is InChI=1S/C10H14O2/c1-2-6-5-7-8(11)3-4-9(12)10(6)7/h6-7,10H,2-5H2,1H3/t6-,7+,10+/m0/s1. The molecule has 0 unspecified atom stereocenters. The first kappa shape index (κ1) is 7.96. The van der Waals surface area contributed by atoms with Crippen LogP contribution >= 0.6 is 0 Å². The summed E-state index contributed by atoms with van der Waals surface area (Å²) in [4.78, 5) is 22.7. The van der Waals surface area contributed by atoms with Crippen LogP contribution in [0, 0.1) is 17.8 Å². The van der Waals surface area contributed by atoms with Crippen molar-refractivity contribution in [2.45, 2.75) is 32.6 Å². The Kier molecular flexibility index (Phi) is 1.78. The van der Waals surface area contributed by atoms with E-state index in [2.05, 4.69) is 6.92 Å². The van der Waals surface area contributed by atoms with Gasteiger partial charge in [-0.3, -0.25) is 9.59 Å². The number of hydrogen-bond donors (Lipinski definition) is 0. The van der Waals surface area contributed by atoms with E-state index in [1.54, 1.807) is 0 Å². The lowest BCUT2D eigenvalue weighted by atomic mass is 9.57. The van der Waals surface area contributed by atoms with Crippen molar-refractivity contribution < 1.29 is 9.59 Å². The van der Waals surface area contributed by atoms with Crippen LogP contribution in [0.25, 0.3) is 0 Å². The van der Waals surface area contributed by atoms with Crippen LogP contribution < -0.4 is 0 Å². The SMILES string of the molecule is CC[C@H]1C[C@@H]2C(=O)CCC(=O)[C@H]12. The van der Waals surface area contributed by atoms with Gasteiger partial charge in [0, 0.05) is 24.7 Å². The molecule has 0 aromatic rings. The summed E-state index contributed by atoms with van der Waals surface area (Å²) in [5.41, 5.74) is 0. The summed E-state index contributed by atoms with van der Waals surface area (Å²) < 4.78 is 0. The van der Waals surface area contributed by atoms with E-state index in [-0.39, 0.29) is 11.8 Å². The van der Waals surface area contributed by atoms with Crippen molar-refractivity contribution in [3.8, 4) is 0 Å². The number of carbonyl (C=O) groups excluding carboxylic acids is 2. The number of fused-ring (bicyclic) bond motifs is 1. The highest BCUT2D eigenvalue weighted by atomic mass is 16.1. The fourth-order valence-electron chi connectivity index (χ4n) is 2.59. The molecule has 2 fully saturated rings. The van der Waals surface area contributed by atoms with E-state index < -0.39 is 0 Å². The Balaban J connectivity index is 2.12. The van der Waals surface area contributed by atoms with Gasteiger partial charge in [0.1, 0.15) is 11.6 Å². The molecule has 0 amide bonds. The van der Waals surface area contributed by atoms with Gasteiger partial charge in [-0.1, -0.05) is 13.3 Å². The molecule has 2 aliphatic rings. The molecule has 0 aromatic heterocycles. The highest BCUT2D eigenvalue weighted by Gasteiger charge is 2.49. The van der Waals surface area contributed by atoms with E-state index in [9.17, 15) is 9.59 Å². The number of Topliss-reactive ketones (excluding diaryl/α,β-unsaturated/α-hetero) is 2. The van der Waals surface area contributed by atoms with E-state index in [4.69, 9.17) is 0 Å². The quantitative estimate of drug-likeness (QED) is 0.592. The third-order valence-electron chi connectivity index (χ3n) is 3.43. The fraction of sp³-hybridized carbons (Fsp3) is 0.800. The van der Waals surface area contributed by atoms with E-state index in [1.807, 2.05) is 0 Å². The van der Waals surface area contributed by atoms with Crippen LogP contribution in [-0.2, 0) is 9.59 Å². The van der Waals surface area contributed by atoms with Gasteiger partial charge < -0.3 is 0 Å². The highest BCUT2D eigenvalue weighted by Crippen LogP contribution is 2.47. The summed E-state index contributed by atoms with van der Waals surface area (Å²) in [6.45, 7) is 2.10. The molecule has 66 valence electrons. The molecule has 0 bridgehead atoms. The first-order valence-electron chi connectivity index (χ1n) is 4.79. The Morgan fingerprint density at radius 1 is 1.25 bits per heavy atom. The first-order chi connectivity index (χ1) is 5.74. The number of hydrogen-bond acceptors (Lipinski definition) is 2. The summed E-state index contributed by atoms with van der Waals surface area (Å²) in [7, 11) is 0. The third-order valence-corrected chi connectivity index (χ3v) is 3.43. The molecule has 2 rings (SSSR count). The molecule has 0 aromatic carbocycles. The van der Waals surface area contributed by atoms with Crippen LogP contribution in [0.5, 0.6) is 0 Å². The summed E-state index contributed by atoms with van der Waals surface area (Å²) in [5.74, 6) is 1.45. The van der Waals surface area contributed by atoms with Crippen LogP contribution in [0.1, 0.15) is 32.6 Å². The molecule has 2 nitrogen and oxygen atoms in total. The predicted octanol–water partition coefficient (Wildman–Crippen LogP) is 1.58. The Morgan fingerprint density at radius 2 is 1.92 bits per heavy atom. The minimum absolute atomic E-state index is 0.121. The molecule has 2 heteroatoms. The van der Waals surface area contributed by atoms with Crippen molar-refractivity contribution in [2.24, 2.45) is 17.8 Å². The second-order valence-corrected chi connectivity index (χ2v) is 3.97. The van der Waals surface area contributed by atoms with Crippen LogP contribution in [0.2, 0.25) is 0 Å². The summed E-state index contributed by atoms with van der Waals surface area (Å²) in [5, 5.41) is 0. The molecule has 0 N–H and O–H groups in total. The molecule has 0 radical (unpaired) electrons. The van der Waals surface area contributed by atoms with E-state index in [0.717, 1.165) is 12.8 Å². The smallest absolute Gasteiger partial charge is 0.137 e. The average Bonchev–Trinajstić information content (AvgIpc) is 1.98. The molecule has 0 spiro atoms. The van der Waals surface area contributed by atoms with Crippen molar-refractivity contribution in [1.82, 2.24) is 0 Å². The lowest BCUT2D eigenvalue weighted by molar-refractivity contribution is -0.148. The largest absolute Gasteiger partial charge is 0.299 e. The topological polar surface area (TPSA) is 34.1 Å². The van der Waals surface area contributed by atoms with Gasteiger partial charge in [-0.05, 0) is 12.3 Å². The summed E-state index contributed by atoms with van der Waals surface area (Å²) >= 11 is 0. The lowest BCUT2D eigenvalue weighted by Gasteiger charge is -2.45. The zero-order valence-corrected chi connectivity index (χ0v) is 7.38. The van der Waals surface area contributed by atoms with Crippen molar-refractivity contribution in [2.75, 3.05) is 0 Å². The Labute approximate surface area is 72.3 Å². The molecule has 12 heavy (non-hydrogen) atoms. The minimum Gasteiger partial charge on any atom is -0.299 e. The number of ketones is 2. The third kappa shape index (κ3) is 0.936. The van der Waals surface area contributed by atoms with E-state index >= 15 is 0 Å². The zero-order chi connectivity index (χ0) is 8.72. The van der Waals surface area contributed by atoms with Gasteiger partial charge in [-0.15, -0.1) is 0 Å². The van der Waals surface area contributed by atoms with Crippen LogP contribution in [0.4, 0.5) is 0 Å². The lowest BCUT2D eigenvalue weighted by Crippen LogP contribution is -2.49. The van der Waals surface area contributed by atoms with Crippen LogP contribution in [-0.4, -0.2) is 11.6 Å². The van der Waals surface area contributed by atoms with Gasteiger partial charge in [0.15, 0.2) is 0 Å². The molecule has 3 atom stereocenters. The second kappa shape index (κ2) is 2.68. The molecular weight excluding hydrogens is 152 g/mol. The summed E-state index contributed by atoms with van der Waals surface area (Å²) in [6, 6.07) is 0. The monoisotopic (exact) mass is 166 g/mol. The van der Waals surface area contributed by atoms with Crippen LogP contribution in [0.15, 0.2) is 0 Å². The zero-order valence-electron chi connectivity index (χ0n) is 7.38. The molecule has 0 saturated heterocycles. The van der Waals surface area contributed by atoms with Gasteiger partial charge in [-0.25, -0.2) is 0 Å². The van der Waals surface area contributed by atoms with Crippen LogP contribution in [0.3, 0.4) is 0 Å². The summed E-state index contributed by atoms with van der Waals surface area (Å²) in [6.07, 6.45) is 3.05. The van der Waals surface area contributed by atoms with E-state index in [0.29, 0.717) is 30.3 Å². The van der Waals surface area contributed by atoms with Crippen molar-refractivity contribution >= 4 is 11.6 Å². The molecule has 0 aliphatic heterocycles. The van der Waals surface area contributed by atoms with Gasteiger partial charge in [0.05, 0.1) is 0 Å². The van der Waals surface area contributed by atoms with Crippen molar-refractivity contribution in [3.05, 3.63) is 0 Å². The molecule has 2 saturated carbocycles. The first-order valence-corrected chi connectivity index (χ1v) is 4.79. The van der Waals surface area contributed by atoms with Gasteiger partial charge in [0.2, 0.25) is 0 Å². The fourth-order valence-corrected chi connectivity index (χ4v) is 2.59. The van der Waals surface area contributed by atoms with Crippen molar-refractivity contribution in [1.29, 1.82) is 0 Å². The van der Waals surface area contributed by atoms with Gasteiger partial charge in [-0.2, -0.15) is 0 Å². The van der Waals surface area contributed by atoms with Gasteiger partial charge >= 0.3 is 0 Å². The predicted molar refractivity (Wildman–Crippen MR) is 44.6 cm³/mol. The second-order valence-electron chi connectivity index (χ2n) is 3.97.